The largest absolute Gasteiger partial charge is 0.477 e. The van der Waals surface area contributed by atoms with E-state index < -0.39 is 40.8 Å². The number of nitriles is 1. The molecular formula is C29H26F3N5O4. The lowest BCUT2D eigenvalue weighted by molar-refractivity contribution is -0.141. The molecule has 2 bridgehead atoms. The van der Waals surface area contributed by atoms with Crippen molar-refractivity contribution in [2.45, 2.75) is 43.6 Å². The van der Waals surface area contributed by atoms with Crippen molar-refractivity contribution in [3.8, 4) is 11.9 Å². The highest BCUT2D eigenvalue weighted by molar-refractivity contribution is 6.26. The number of nitrogens with zero attached hydrogens (tertiary/aromatic N) is 5. The molecular weight excluding hydrogens is 539 g/mol. The van der Waals surface area contributed by atoms with E-state index in [1.807, 2.05) is 6.92 Å². The first-order chi connectivity index (χ1) is 19.4. The van der Waals surface area contributed by atoms with Gasteiger partial charge in [0.05, 0.1) is 47.0 Å². The van der Waals surface area contributed by atoms with Gasteiger partial charge in [-0.3, -0.25) is 9.59 Å². The van der Waals surface area contributed by atoms with Crippen LogP contribution in [0, 0.1) is 23.2 Å². The van der Waals surface area contributed by atoms with E-state index in [0.29, 0.717) is 34.9 Å². The quantitative estimate of drug-likeness (QED) is 0.403. The Bertz CT molecular complexity index is 1640. The Morgan fingerprint density at radius 2 is 1.80 bits per heavy atom. The van der Waals surface area contributed by atoms with E-state index >= 15 is 0 Å². The third-order valence-corrected chi connectivity index (χ3v) is 8.43. The summed E-state index contributed by atoms with van der Waals surface area (Å²) in [5.74, 6) is -2.65. The molecule has 12 heteroatoms. The smallest absolute Gasteiger partial charge is 0.433 e. The Morgan fingerprint density at radius 3 is 2.49 bits per heavy atom. The van der Waals surface area contributed by atoms with Crippen molar-refractivity contribution >= 4 is 34.2 Å². The molecule has 0 N–H and O–H groups in total. The number of hydrogen-bond acceptors (Lipinski definition) is 8. The summed E-state index contributed by atoms with van der Waals surface area (Å²) in [5, 5.41) is 10.8. The fraction of sp³-hybridized carbons (Fsp3) is 0.414. The summed E-state index contributed by atoms with van der Waals surface area (Å²) in [6.07, 6.45) is -3.47. The standard InChI is InChI=1S/C29H26F3N5O4/c1-27-10-11-28(41-27,12-13-40-21-14-20(29(30,31)32)34-26(35-21)36(2)3)23-22(27)24(38)37(25(23)39)19-9-8-16(15-33)17-6-4-5-7-18(17)19/h4-9,14,22-23H,10-13H2,1-3H3. The van der Waals surface area contributed by atoms with E-state index in [1.165, 1.54) is 23.9 Å². The van der Waals surface area contributed by atoms with Gasteiger partial charge in [-0.2, -0.15) is 23.4 Å². The van der Waals surface area contributed by atoms with Gasteiger partial charge in [-0.25, -0.2) is 9.88 Å². The molecule has 2 amide bonds. The maximum atomic E-state index is 14.0. The molecule has 4 unspecified atom stereocenters. The Hall–Kier alpha value is -4.24. The number of imide groups is 1. The number of alkyl halides is 3. The zero-order valence-corrected chi connectivity index (χ0v) is 22.5. The first-order valence-electron chi connectivity index (χ1n) is 13.1. The second-order valence-electron chi connectivity index (χ2n) is 11.1. The van der Waals surface area contributed by atoms with Crippen molar-refractivity contribution in [1.82, 2.24) is 9.97 Å². The number of halogens is 3. The molecule has 4 atom stereocenters. The molecule has 0 saturated carbocycles. The number of benzene rings is 2. The molecule has 3 saturated heterocycles. The van der Waals surface area contributed by atoms with Crippen LogP contribution in [0.15, 0.2) is 42.5 Å². The fourth-order valence-electron chi connectivity index (χ4n) is 6.58. The molecule has 0 spiro atoms. The summed E-state index contributed by atoms with van der Waals surface area (Å²) in [6.45, 7) is 1.75. The number of aromatic nitrogens is 2. The number of ether oxygens (including phenoxy) is 2. The zero-order valence-electron chi connectivity index (χ0n) is 22.5. The van der Waals surface area contributed by atoms with Crippen LogP contribution in [0.3, 0.4) is 0 Å². The molecule has 41 heavy (non-hydrogen) atoms. The molecule has 4 heterocycles. The Balaban J connectivity index is 1.29. The molecule has 6 rings (SSSR count). The van der Waals surface area contributed by atoms with E-state index in [4.69, 9.17) is 9.47 Å². The monoisotopic (exact) mass is 565 g/mol. The van der Waals surface area contributed by atoms with E-state index in [9.17, 15) is 28.0 Å². The van der Waals surface area contributed by atoms with Crippen LogP contribution in [0.4, 0.5) is 24.8 Å². The summed E-state index contributed by atoms with van der Waals surface area (Å²) in [6, 6.07) is 13.2. The number of carbonyl (C=O) groups excluding carboxylic acids is 2. The molecule has 212 valence electrons. The van der Waals surface area contributed by atoms with Crippen LogP contribution in [0.25, 0.3) is 10.8 Å². The number of amides is 2. The molecule has 3 fully saturated rings. The lowest BCUT2D eigenvalue weighted by Crippen LogP contribution is -2.43. The van der Waals surface area contributed by atoms with Gasteiger partial charge in [0.2, 0.25) is 23.6 Å². The molecule has 0 radical (unpaired) electrons. The Labute approximate surface area is 233 Å². The maximum absolute atomic E-state index is 14.0. The van der Waals surface area contributed by atoms with Gasteiger partial charge in [-0.05, 0) is 31.9 Å². The second-order valence-corrected chi connectivity index (χ2v) is 11.1. The first-order valence-corrected chi connectivity index (χ1v) is 13.1. The van der Waals surface area contributed by atoms with Gasteiger partial charge >= 0.3 is 6.18 Å². The van der Waals surface area contributed by atoms with Gasteiger partial charge in [-0.1, -0.05) is 24.3 Å². The molecule has 3 aliphatic heterocycles. The van der Waals surface area contributed by atoms with Gasteiger partial charge in [0.25, 0.3) is 0 Å². The molecule has 2 aromatic carbocycles. The summed E-state index contributed by atoms with van der Waals surface area (Å²) in [4.78, 5) is 38.0. The van der Waals surface area contributed by atoms with Crippen LogP contribution in [-0.2, 0) is 20.5 Å². The Kier molecular flexibility index (Phi) is 6.01. The van der Waals surface area contributed by atoms with Gasteiger partial charge in [-0.15, -0.1) is 0 Å². The zero-order chi connectivity index (χ0) is 29.3. The van der Waals surface area contributed by atoms with E-state index in [2.05, 4.69) is 16.0 Å². The number of hydrogen-bond donors (Lipinski definition) is 0. The van der Waals surface area contributed by atoms with Crippen LogP contribution in [-0.4, -0.2) is 53.7 Å². The van der Waals surface area contributed by atoms with E-state index in [1.54, 1.807) is 36.4 Å². The van der Waals surface area contributed by atoms with Crippen molar-refractivity contribution in [3.63, 3.8) is 0 Å². The summed E-state index contributed by atoms with van der Waals surface area (Å²) >= 11 is 0. The second kappa shape index (κ2) is 9.14. The first kappa shape index (κ1) is 27.0. The highest BCUT2D eigenvalue weighted by Crippen LogP contribution is 2.62. The highest BCUT2D eigenvalue weighted by atomic mass is 19.4. The van der Waals surface area contributed by atoms with Crippen LogP contribution < -0.4 is 14.5 Å². The van der Waals surface area contributed by atoms with E-state index in [0.717, 1.165) is 6.07 Å². The fourth-order valence-corrected chi connectivity index (χ4v) is 6.58. The van der Waals surface area contributed by atoms with Crippen LogP contribution >= 0.6 is 0 Å². The lowest BCUT2D eigenvalue weighted by Gasteiger charge is -2.31. The molecule has 3 aliphatic rings. The van der Waals surface area contributed by atoms with Crippen molar-refractivity contribution in [3.05, 3.63) is 53.7 Å². The van der Waals surface area contributed by atoms with Crippen molar-refractivity contribution in [2.24, 2.45) is 11.8 Å². The van der Waals surface area contributed by atoms with Crippen molar-refractivity contribution < 1.29 is 32.2 Å². The predicted molar refractivity (Wildman–Crippen MR) is 141 cm³/mol. The number of anilines is 2. The summed E-state index contributed by atoms with van der Waals surface area (Å²) in [7, 11) is 3.05. The number of rotatable bonds is 6. The van der Waals surface area contributed by atoms with Gasteiger partial charge in [0, 0.05) is 37.4 Å². The topological polar surface area (TPSA) is 109 Å². The minimum absolute atomic E-state index is 0.0816. The maximum Gasteiger partial charge on any atom is 0.433 e. The predicted octanol–water partition coefficient (Wildman–Crippen LogP) is 4.48. The minimum atomic E-state index is -4.69. The molecule has 0 aliphatic carbocycles. The highest BCUT2D eigenvalue weighted by Gasteiger charge is 2.73. The van der Waals surface area contributed by atoms with Crippen molar-refractivity contribution in [1.29, 1.82) is 5.26 Å². The molecule has 3 aromatic rings. The number of carbonyl (C=O) groups is 2. The number of fused-ring (bicyclic) bond motifs is 6. The minimum Gasteiger partial charge on any atom is -0.477 e. The molecule has 9 nitrogen and oxygen atoms in total. The van der Waals surface area contributed by atoms with Gasteiger partial charge in [0.1, 0.15) is 0 Å². The van der Waals surface area contributed by atoms with Crippen LogP contribution in [0.5, 0.6) is 5.88 Å². The summed E-state index contributed by atoms with van der Waals surface area (Å²) in [5.41, 5.74) is -2.17. The average molecular weight is 566 g/mol. The van der Waals surface area contributed by atoms with E-state index in [-0.39, 0.29) is 30.8 Å². The van der Waals surface area contributed by atoms with Gasteiger partial charge in [0.15, 0.2) is 5.69 Å². The lowest BCUT2D eigenvalue weighted by atomic mass is 9.67. The third-order valence-electron chi connectivity index (χ3n) is 8.43. The average Bonchev–Trinajstić information content (AvgIpc) is 3.51. The Morgan fingerprint density at radius 1 is 1.10 bits per heavy atom. The van der Waals surface area contributed by atoms with Crippen molar-refractivity contribution in [2.75, 3.05) is 30.5 Å². The van der Waals surface area contributed by atoms with Crippen LogP contribution in [0.2, 0.25) is 0 Å². The third kappa shape index (κ3) is 4.10. The SMILES string of the molecule is CN(C)c1nc(OCCC23CCC(C)(O2)C2C(=O)N(c4ccc(C#N)c5ccccc45)C(=O)C23)cc(C(F)(F)F)n1. The van der Waals surface area contributed by atoms with Crippen LogP contribution in [0.1, 0.15) is 37.4 Å². The normalized spacial score (nSPS) is 26.9. The molecule has 1 aromatic heterocycles. The van der Waals surface area contributed by atoms with Gasteiger partial charge < -0.3 is 14.4 Å². The summed E-state index contributed by atoms with van der Waals surface area (Å²) < 4.78 is 52.3.